The van der Waals surface area contributed by atoms with Crippen molar-refractivity contribution in [3.05, 3.63) is 35.4 Å². The van der Waals surface area contributed by atoms with Crippen LogP contribution in [-0.2, 0) is 16.0 Å². The van der Waals surface area contributed by atoms with Gasteiger partial charge in [-0.1, -0.05) is 18.2 Å². The summed E-state index contributed by atoms with van der Waals surface area (Å²) in [5.74, 6) is -0.400. The van der Waals surface area contributed by atoms with E-state index in [-0.39, 0.29) is 12.5 Å². The molecule has 0 spiro atoms. The number of amides is 1. The van der Waals surface area contributed by atoms with Crippen molar-refractivity contribution in [2.24, 2.45) is 5.92 Å². The number of benzene rings is 1. The molecular formula is C17H23NO4. The third-order valence-electron chi connectivity index (χ3n) is 4.15. The number of nitrogens with zero attached hydrogens (tertiary/aromatic N) is 1. The van der Waals surface area contributed by atoms with E-state index < -0.39 is 5.97 Å². The summed E-state index contributed by atoms with van der Waals surface area (Å²) in [6, 6.07) is 7.17. The van der Waals surface area contributed by atoms with Crippen molar-refractivity contribution in [2.75, 3.05) is 26.3 Å². The third kappa shape index (κ3) is 4.31. The Morgan fingerprint density at radius 1 is 1.27 bits per heavy atom. The van der Waals surface area contributed by atoms with Crippen LogP contribution < -0.4 is 0 Å². The van der Waals surface area contributed by atoms with Gasteiger partial charge in [0.05, 0.1) is 5.56 Å². The quantitative estimate of drug-likeness (QED) is 0.875. The molecule has 5 nitrogen and oxygen atoms in total. The van der Waals surface area contributed by atoms with E-state index in [0.29, 0.717) is 18.1 Å². The van der Waals surface area contributed by atoms with Gasteiger partial charge in [-0.15, -0.1) is 0 Å². The van der Waals surface area contributed by atoms with Crippen LogP contribution in [0.1, 0.15) is 35.7 Å². The van der Waals surface area contributed by atoms with E-state index in [1.807, 2.05) is 24.0 Å². The van der Waals surface area contributed by atoms with Gasteiger partial charge in [-0.3, -0.25) is 4.79 Å². The highest BCUT2D eigenvalue weighted by Crippen LogP contribution is 2.23. The molecule has 0 aromatic heterocycles. The Hall–Kier alpha value is -1.88. The summed E-state index contributed by atoms with van der Waals surface area (Å²) in [6.07, 6.45) is 2.58. The van der Waals surface area contributed by atoms with Crippen molar-refractivity contribution >= 4 is 11.9 Å². The number of carboxylic acids is 1. The third-order valence-corrected chi connectivity index (χ3v) is 4.15. The van der Waals surface area contributed by atoms with E-state index in [4.69, 9.17) is 4.74 Å². The van der Waals surface area contributed by atoms with Crippen molar-refractivity contribution < 1.29 is 19.4 Å². The normalized spacial score (nSPS) is 15.8. The van der Waals surface area contributed by atoms with Gasteiger partial charge in [-0.05, 0) is 43.7 Å². The first-order chi connectivity index (χ1) is 10.6. The molecule has 1 fully saturated rings. The molecule has 120 valence electrons. The van der Waals surface area contributed by atoms with Crippen molar-refractivity contribution in [2.45, 2.75) is 26.2 Å². The van der Waals surface area contributed by atoms with Crippen LogP contribution in [0.15, 0.2) is 24.3 Å². The molecule has 1 saturated heterocycles. The fourth-order valence-electron chi connectivity index (χ4n) is 2.89. The summed E-state index contributed by atoms with van der Waals surface area (Å²) in [5, 5.41) is 9.23. The lowest BCUT2D eigenvalue weighted by atomic mass is 9.88. The van der Waals surface area contributed by atoms with Gasteiger partial charge in [0.25, 0.3) is 0 Å². The van der Waals surface area contributed by atoms with Crippen LogP contribution >= 0.6 is 0 Å². The molecule has 1 heterocycles. The molecule has 1 N–H and O–H groups in total. The first-order valence-electron chi connectivity index (χ1n) is 7.78. The molecule has 1 aliphatic rings. The number of likely N-dealkylation sites (tertiary alicyclic amines) is 1. The van der Waals surface area contributed by atoms with Gasteiger partial charge in [-0.2, -0.15) is 0 Å². The van der Waals surface area contributed by atoms with E-state index in [1.54, 1.807) is 12.1 Å². The topological polar surface area (TPSA) is 66.8 Å². The Balaban J connectivity index is 1.88. The van der Waals surface area contributed by atoms with Crippen LogP contribution in [0.4, 0.5) is 0 Å². The lowest BCUT2D eigenvalue weighted by molar-refractivity contribution is -0.137. The Bertz CT molecular complexity index is 521. The summed E-state index contributed by atoms with van der Waals surface area (Å²) >= 11 is 0. The second-order valence-corrected chi connectivity index (χ2v) is 5.63. The van der Waals surface area contributed by atoms with Gasteiger partial charge >= 0.3 is 5.97 Å². The van der Waals surface area contributed by atoms with E-state index in [1.165, 1.54) is 0 Å². The largest absolute Gasteiger partial charge is 0.478 e. The summed E-state index contributed by atoms with van der Waals surface area (Å²) < 4.78 is 5.16. The van der Waals surface area contributed by atoms with Gasteiger partial charge in [-0.25, -0.2) is 4.79 Å². The standard InChI is InChI=1S/C17H23NO4/c1-2-22-12-16(19)18-9-7-13(8-10-18)11-14-5-3-4-6-15(14)17(20)21/h3-6,13H,2,7-12H2,1H3,(H,20,21). The predicted molar refractivity (Wildman–Crippen MR) is 82.9 cm³/mol. The minimum absolute atomic E-state index is 0.0474. The summed E-state index contributed by atoms with van der Waals surface area (Å²) in [5.41, 5.74) is 1.27. The van der Waals surface area contributed by atoms with Gasteiger partial charge in [0.2, 0.25) is 5.91 Å². The number of carboxylic acid groups (broad SMARTS) is 1. The van der Waals surface area contributed by atoms with Crippen LogP contribution in [0.5, 0.6) is 0 Å². The van der Waals surface area contributed by atoms with Crippen LogP contribution in [0, 0.1) is 5.92 Å². The smallest absolute Gasteiger partial charge is 0.335 e. The number of ether oxygens (including phenoxy) is 1. The molecule has 5 heteroatoms. The molecule has 1 aliphatic heterocycles. The van der Waals surface area contributed by atoms with Crippen molar-refractivity contribution in [1.29, 1.82) is 0 Å². The summed E-state index contributed by atoms with van der Waals surface area (Å²) in [6.45, 7) is 4.04. The van der Waals surface area contributed by atoms with Crippen LogP contribution in [0.3, 0.4) is 0 Å². The maximum Gasteiger partial charge on any atom is 0.335 e. The number of rotatable bonds is 6. The summed E-state index contributed by atoms with van der Waals surface area (Å²) in [7, 11) is 0. The molecule has 0 aliphatic carbocycles. The van der Waals surface area contributed by atoms with Crippen molar-refractivity contribution in [1.82, 2.24) is 4.90 Å². The second-order valence-electron chi connectivity index (χ2n) is 5.63. The van der Waals surface area contributed by atoms with Crippen molar-refractivity contribution in [3.8, 4) is 0 Å². The average Bonchev–Trinajstić information content (AvgIpc) is 2.53. The van der Waals surface area contributed by atoms with E-state index in [2.05, 4.69) is 0 Å². The fourth-order valence-corrected chi connectivity index (χ4v) is 2.89. The summed E-state index contributed by atoms with van der Waals surface area (Å²) in [4.78, 5) is 25.0. The molecule has 0 bridgehead atoms. The Labute approximate surface area is 130 Å². The van der Waals surface area contributed by atoms with E-state index >= 15 is 0 Å². The first kappa shape index (κ1) is 16.5. The molecule has 22 heavy (non-hydrogen) atoms. The average molecular weight is 305 g/mol. The molecular weight excluding hydrogens is 282 g/mol. The van der Waals surface area contributed by atoms with E-state index in [9.17, 15) is 14.7 Å². The molecule has 0 radical (unpaired) electrons. The van der Waals surface area contributed by atoms with Gasteiger partial charge < -0.3 is 14.7 Å². The number of aromatic carboxylic acids is 1. The Kier molecular flexibility index (Phi) is 5.95. The monoisotopic (exact) mass is 305 g/mol. The zero-order chi connectivity index (χ0) is 15.9. The van der Waals surface area contributed by atoms with Crippen LogP contribution in [0.25, 0.3) is 0 Å². The number of hydrogen-bond donors (Lipinski definition) is 1. The molecule has 1 aromatic rings. The highest BCUT2D eigenvalue weighted by Gasteiger charge is 2.24. The molecule has 1 aromatic carbocycles. The number of carbonyl (C=O) groups is 2. The predicted octanol–water partition coefficient (Wildman–Crippen LogP) is 2.20. The highest BCUT2D eigenvalue weighted by atomic mass is 16.5. The minimum Gasteiger partial charge on any atom is -0.478 e. The number of hydrogen-bond acceptors (Lipinski definition) is 3. The maximum atomic E-state index is 11.9. The zero-order valence-electron chi connectivity index (χ0n) is 13.0. The molecule has 1 amide bonds. The molecule has 0 saturated carbocycles. The lowest BCUT2D eigenvalue weighted by Gasteiger charge is -2.32. The Morgan fingerprint density at radius 2 is 1.95 bits per heavy atom. The van der Waals surface area contributed by atoms with Crippen LogP contribution in [0.2, 0.25) is 0 Å². The molecule has 0 atom stereocenters. The molecule has 0 unspecified atom stereocenters. The Morgan fingerprint density at radius 3 is 2.59 bits per heavy atom. The molecule has 2 rings (SSSR count). The number of carbonyl (C=O) groups excluding carboxylic acids is 1. The van der Waals surface area contributed by atoms with E-state index in [0.717, 1.165) is 37.9 Å². The van der Waals surface area contributed by atoms with Gasteiger partial charge in [0.15, 0.2) is 0 Å². The lowest BCUT2D eigenvalue weighted by Crippen LogP contribution is -2.40. The van der Waals surface area contributed by atoms with Gasteiger partial charge in [0.1, 0.15) is 6.61 Å². The maximum absolute atomic E-state index is 11.9. The zero-order valence-corrected chi connectivity index (χ0v) is 13.0. The first-order valence-corrected chi connectivity index (χ1v) is 7.78. The SMILES string of the molecule is CCOCC(=O)N1CCC(Cc2ccccc2C(=O)O)CC1. The fraction of sp³-hybridized carbons (Fsp3) is 0.529. The van der Waals surface area contributed by atoms with Gasteiger partial charge in [0, 0.05) is 19.7 Å². The van der Waals surface area contributed by atoms with Crippen LogP contribution in [-0.4, -0.2) is 48.2 Å². The minimum atomic E-state index is -0.875. The highest BCUT2D eigenvalue weighted by molar-refractivity contribution is 5.89. The van der Waals surface area contributed by atoms with Crippen molar-refractivity contribution in [3.63, 3.8) is 0 Å². The number of piperidine rings is 1. The second kappa shape index (κ2) is 7.94.